The van der Waals surface area contributed by atoms with Gasteiger partial charge in [0.05, 0.1) is 5.02 Å². The number of halogens is 2. The predicted molar refractivity (Wildman–Crippen MR) is 80.5 cm³/mol. The van der Waals surface area contributed by atoms with Crippen LogP contribution >= 0.6 is 11.6 Å². The highest BCUT2D eigenvalue weighted by atomic mass is 35.5. The summed E-state index contributed by atoms with van der Waals surface area (Å²) >= 11 is 5.77. The number of hydrogen-bond acceptors (Lipinski definition) is 4. The fourth-order valence-electron chi connectivity index (χ4n) is 2.21. The third-order valence-electron chi connectivity index (χ3n) is 3.34. The topological polar surface area (TPSA) is 61.4 Å². The largest absolute Gasteiger partial charge is 0.314 e. The van der Waals surface area contributed by atoms with Gasteiger partial charge in [-0.1, -0.05) is 11.6 Å². The van der Waals surface area contributed by atoms with Crippen molar-refractivity contribution in [3.05, 3.63) is 29.0 Å². The van der Waals surface area contributed by atoms with Gasteiger partial charge < -0.3 is 10.2 Å². The zero-order valence-electron chi connectivity index (χ0n) is 11.6. The predicted octanol–water partition coefficient (Wildman–Crippen LogP) is 1.05. The molecule has 0 aromatic heterocycles. The number of rotatable bonds is 6. The van der Waals surface area contributed by atoms with Crippen LogP contribution in [0, 0.1) is 5.82 Å². The highest BCUT2D eigenvalue weighted by Gasteiger charge is 2.18. The van der Waals surface area contributed by atoms with Crippen LogP contribution in [-0.2, 0) is 10.0 Å². The molecule has 0 saturated carbocycles. The SMILES string of the molecule is O=S(=O)(NCCCN1CCNCC1)c1ccc(F)cc1Cl. The summed E-state index contributed by atoms with van der Waals surface area (Å²) in [5.41, 5.74) is 0. The smallest absolute Gasteiger partial charge is 0.242 e. The van der Waals surface area contributed by atoms with Gasteiger partial charge in [0.1, 0.15) is 10.7 Å². The van der Waals surface area contributed by atoms with E-state index in [4.69, 9.17) is 11.6 Å². The minimum absolute atomic E-state index is 0.0901. The summed E-state index contributed by atoms with van der Waals surface area (Å²) in [6, 6.07) is 3.26. The van der Waals surface area contributed by atoms with Crippen molar-refractivity contribution < 1.29 is 12.8 Å². The zero-order chi connectivity index (χ0) is 15.3. The quantitative estimate of drug-likeness (QED) is 0.763. The van der Waals surface area contributed by atoms with Crippen LogP contribution in [0.1, 0.15) is 6.42 Å². The van der Waals surface area contributed by atoms with Crippen molar-refractivity contribution in [1.82, 2.24) is 14.9 Å². The Labute approximate surface area is 129 Å². The molecule has 0 spiro atoms. The van der Waals surface area contributed by atoms with Gasteiger partial charge in [-0.2, -0.15) is 0 Å². The molecule has 0 radical (unpaired) electrons. The second-order valence-electron chi connectivity index (χ2n) is 4.92. The van der Waals surface area contributed by atoms with Crippen LogP contribution in [0.4, 0.5) is 4.39 Å². The maximum Gasteiger partial charge on any atom is 0.242 e. The fourth-order valence-corrected chi connectivity index (χ4v) is 3.82. The number of nitrogens with zero attached hydrogens (tertiary/aromatic N) is 1. The van der Waals surface area contributed by atoms with Crippen molar-refractivity contribution in [1.29, 1.82) is 0 Å². The van der Waals surface area contributed by atoms with Crippen LogP contribution in [0.3, 0.4) is 0 Å². The summed E-state index contributed by atoms with van der Waals surface area (Å²) in [6.45, 7) is 5.09. The van der Waals surface area contributed by atoms with Crippen LogP contribution in [-0.4, -0.2) is 52.6 Å². The molecular weight excluding hydrogens is 317 g/mol. The summed E-state index contributed by atoms with van der Waals surface area (Å²) in [4.78, 5) is 2.20. The molecule has 1 aliphatic heterocycles. The van der Waals surface area contributed by atoms with Crippen LogP contribution in [0.5, 0.6) is 0 Å². The van der Waals surface area contributed by atoms with Gasteiger partial charge in [0.2, 0.25) is 10.0 Å². The molecule has 0 unspecified atom stereocenters. The van der Waals surface area contributed by atoms with Crippen molar-refractivity contribution in [2.75, 3.05) is 39.3 Å². The van der Waals surface area contributed by atoms with Gasteiger partial charge in [0.15, 0.2) is 0 Å². The lowest BCUT2D eigenvalue weighted by Crippen LogP contribution is -2.44. The lowest BCUT2D eigenvalue weighted by molar-refractivity contribution is 0.239. The van der Waals surface area contributed by atoms with Gasteiger partial charge in [0, 0.05) is 32.7 Å². The molecule has 2 rings (SSSR count). The Balaban J connectivity index is 1.83. The Morgan fingerprint density at radius 1 is 1.33 bits per heavy atom. The molecule has 1 heterocycles. The highest BCUT2D eigenvalue weighted by Crippen LogP contribution is 2.21. The van der Waals surface area contributed by atoms with Crippen LogP contribution < -0.4 is 10.0 Å². The van der Waals surface area contributed by atoms with Crippen LogP contribution in [0.2, 0.25) is 5.02 Å². The average molecular weight is 336 g/mol. The number of sulfonamides is 1. The van der Waals surface area contributed by atoms with E-state index in [0.29, 0.717) is 6.54 Å². The fraction of sp³-hybridized carbons (Fsp3) is 0.538. The first-order valence-electron chi connectivity index (χ1n) is 6.87. The minimum Gasteiger partial charge on any atom is -0.314 e. The summed E-state index contributed by atoms with van der Waals surface area (Å²) in [6.07, 6.45) is 0.720. The Morgan fingerprint density at radius 2 is 2.05 bits per heavy atom. The third kappa shape index (κ3) is 4.89. The molecule has 8 heteroatoms. The number of nitrogens with one attached hydrogen (secondary N) is 2. The highest BCUT2D eigenvalue weighted by molar-refractivity contribution is 7.89. The molecule has 2 N–H and O–H groups in total. The normalized spacial score (nSPS) is 17.0. The maximum absolute atomic E-state index is 12.9. The lowest BCUT2D eigenvalue weighted by Gasteiger charge is -2.27. The van der Waals surface area contributed by atoms with Crippen molar-refractivity contribution in [3.8, 4) is 0 Å². The van der Waals surface area contributed by atoms with Gasteiger partial charge in [0.25, 0.3) is 0 Å². The summed E-state index contributed by atoms with van der Waals surface area (Å²) < 4.78 is 39.6. The van der Waals surface area contributed by atoms with Gasteiger partial charge >= 0.3 is 0 Å². The van der Waals surface area contributed by atoms with Crippen molar-refractivity contribution in [3.63, 3.8) is 0 Å². The zero-order valence-corrected chi connectivity index (χ0v) is 13.2. The Hall–Kier alpha value is -0.730. The Kier molecular flexibility index (Phi) is 5.95. The third-order valence-corrected chi connectivity index (χ3v) is 5.28. The first-order valence-corrected chi connectivity index (χ1v) is 8.73. The van der Waals surface area contributed by atoms with E-state index in [-0.39, 0.29) is 9.92 Å². The molecule has 0 atom stereocenters. The summed E-state index contributed by atoms with van der Waals surface area (Å²) in [7, 11) is -3.69. The van der Waals surface area contributed by atoms with Gasteiger partial charge in [-0.25, -0.2) is 17.5 Å². The van der Waals surface area contributed by atoms with Crippen LogP contribution in [0.15, 0.2) is 23.1 Å². The van der Waals surface area contributed by atoms with E-state index in [0.717, 1.165) is 51.3 Å². The molecule has 1 aromatic rings. The van der Waals surface area contributed by atoms with Crippen molar-refractivity contribution >= 4 is 21.6 Å². The van der Waals surface area contributed by atoms with E-state index < -0.39 is 15.8 Å². The van der Waals surface area contributed by atoms with E-state index in [2.05, 4.69) is 14.9 Å². The summed E-state index contributed by atoms with van der Waals surface area (Å²) in [5.74, 6) is -0.558. The number of hydrogen-bond donors (Lipinski definition) is 2. The summed E-state index contributed by atoms with van der Waals surface area (Å²) in [5, 5.41) is 3.16. The van der Waals surface area contributed by atoms with E-state index in [1.54, 1.807) is 0 Å². The van der Waals surface area contributed by atoms with Crippen molar-refractivity contribution in [2.45, 2.75) is 11.3 Å². The first-order chi connectivity index (χ1) is 9.99. The van der Waals surface area contributed by atoms with E-state index >= 15 is 0 Å². The maximum atomic E-state index is 12.9. The molecule has 1 fully saturated rings. The molecule has 1 saturated heterocycles. The van der Waals surface area contributed by atoms with E-state index in [1.807, 2.05) is 0 Å². The van der Waals surface area contributed by atoms with Gasteiger partial charge in [-0.3, -0.25) is 0 Å². The molecule has 1 aromatic carbocycles. The Morgan fingerprint density at radius 3 is 2.71 bits per heavy atom. The number of benzene rings is 1. The standard InChI is InChI=1S/C13H19ClFN3O2S/c14-12-10-11(15)2-3-13(12)21(19,20)17-4-1-7-18-8-5-16-6-9-18/h2-3,10,16-17H,1,4-9H2. The molecule has 0 bridgehead atoms. The molecule has 1 aliphatic rings. The van der Waals surface area contributed by atoms with E-state index in [1.165, 1.54) is 6.07 Å². The first kappa shape index (κ1) is 16.6. The van der Waals surface area contributed by atoms with Crippen molar-refractivity contribution in [2.24, 2.45) is 0 Å². The molecular formula is C13H19ClFN3O2S. The molecule has 21 heavy (non-hydrogen) atoms. The van der Waals surface area contributed by atoms with Crippen LogP contribution in [0.25, 0.3) is 0 Å². The molecule has 118 valence electrons. The minimum atomic E-state index is -3.69. The van der Waals surface area contributed by atoms with Gasteiger partial charge in [-0.05, 0) is 31.2 Å². The Bertz CT molecular complexity index is 577. The molecule has 5 nitrogen and oxygen atoms in total. The van der Waals surface area contributed by atoms with Gasteiger partial charge in [-0.15, -0.1) is 0 Å². The molecule has 0 aliphatic carbocycles. The average Bonchev–Trinajstić information content (AvgIpc) is 2.44. The second kappa shape index (κ2) is 7.51. The number of piperazine rings is 1. The lowest BCUT2D eigenvalue weighted by atomic mass is 10.3. The van der Waals surface area contributed by atoms with E-state index in [9.17, 15) is 12.8 Å². The molecule has 0 amide bonds. The monoisotopic (exact) mass is 335 g/mol. The second-order valence-corrected chi connectivity index (χ2v) is 7.06.